The summed E-state index contributed by atoms with van der Waals surface area (Å²) in [5, 5.41) is 8.27. The minimum Gasteiger partial charge on any atom is -0.351 e. The van der Waals surface area contributed by atoms with Crippen LogP contribution in [0.1, 0.15) is 42.0 Å². The van der Waals surface area contributed by atoms with Crippen molar-refractivity contribution in [2.24, 2.45) is 0 Å². The second kappa shape index (κ2) is 8.74. The molecule has 1 aliphatic carbocycles. The van der Waals surface area contributed by atoms with E-state index in [0.29, 0.717) is 22.4 Å². The molecule has 174 valence electrons. The number of rotatable bonds is 4. The number of fused-ring (bicyclic) bond motifs is 1. The fourth-order valence-corrected chi connectivity index (χ4v) is 5.36. The van der Waals surface area contributed by atoms with Crippen LogP contribution in [0.15, 0.2) is 83.0 Å². The normalized spacial score (nSPS) is 17.5. The molecule has 0 fully saturated rings. The molecule has 0 bridgehead atoms. The molecule has 1 aliphatic heterocycles. The Labute approximate surface area is 208 Å². The van der Waals surface area contributed by atoms with Gasteiger partial charge in [-0.05, 0) is 79.4 Å². The minimum atomic E-state index is -0.348. The highest BCUT2D eigenvalue weighted by Crippen LogP contribution is 2.40. The van der Waals surface area contributed by atoms with Crippen molar-refractivity contribution in [3.63, 3.8) is 0 Å². The number of nitrogens with one attached hydrogen (secondary N) is 1. The molecule has 0 amide bonds. The molecule has 6 rings (SSSR count). The molecule has 0 saturated carbocycles. The Morgan fingerprint density at radius 3 is 2.66 bits per heavy atom. The number of thiocarbonyl (C=S) groups is 1. The van der Waals surface area contributed by atoms with Crippen LogP contribution >= 0.6 is 12.2 Å². The van der Waals surface area contributed by atoms with Crippen molar-refractivity contribution >= 4 is 28.6 Å². The summed E-state index contributed by atoms with van der Waals surface area (Å²) in [4.78, 5) is 6.71. The number of allylic oxidation sites excluding steroid dienone is 1. The molecule has 4 aromatic rings. The van der Waals surface area contributed by atoms with Crippen LogP contribution in [0.5, 0.6) is 0 Å². The second-order valence-corrected chi connectivity index (χ2v) is 9.25. The third kappa shape index (κ3) is 3.91. The summed E-state index contributed by atoms with van der Waals surface area (Å²) in [7, 11) is 0. The van der Waals surface area contributed by atoms with E-state index < -0.39 is 0 Å². The van der Waals surface area contributed by atoms with Crippen LogP contribution in [0.2, 0.25) is 0 Å². The lowest BCUT2D eigenvalue weighted by atomic mass is 9.94. The number of hydrogen-bond acceptors (Lipinski definition) is 4. The number of anilines is 1. The molecule has 1 N–H and O–H groups in total. The quantitative estimate of drug-likeness (QED) is 0.348. The Balaban J connectivity index is 1.49. The lowest BCUT2D eigenvalue weighted by molar-refractivity contribution is 0.404. The van der Waals surface area contributed by atoms with Crippen molar-refractivity contribution in [3.8, 4) is 11.4 Å². The second-order valence-electron chi connectivity index (χ2n) is 8.87. The Kier molecular flexibility index (Phi) is 5.41. The Hall–Kier alpha value is -3.84. The molecule has 2 aliphatic rings. The van der Waals surface area contributed by atoms with Crippen molar-refractivity contribution < 1.29 is 8.91 Å². The Morgan fingerprint density at radius 1 is 1.00 bits per heavy atom. The highest BCUT2D eigenvalue weighted by molar-refractivity contribution is 7.80. The molecule has 1 atom stereocenters. The maximum atomic E-state index is 13.8. The zero-order valence-electron chi connectivity index (χ0n) is 19.2. The predicted octanol–water partition coefficient (Wildman–Crippen LogP) is 6.23. The van der Waals surface area contributed by atoms with Crippen molar-refractivity contribution in [3.05, 3.63) is 107 Å². The number of hydrogen-bond donors (Lipinski definition) is 1. The Bertz CT molecular complexity index is 1460. The number of nitrogens with zero attached hydrogens (tertiary/aromatic N) is 3. The van der Waals surface area contributed by atoms with E-state index in [-0.39, 0.29) is 11.9 Å². The van der Waals surface area contributed by atoms with Crippen LogP contribution in [0.3, 0.4) is 0 Å². The van der Waals surface area contributed by atoms with Gasteiger partial charge in [-0.1, -0.05) is 53.7 Å². The molecule has 0 spiro atoms. The highest BCUT2D eigenvalue weighted by Gasteiger charge is 2.35. The number of aromatic nitrogens is 2. The van der Waals surface area contributed by atoms with Gasteiger partial charge in [0.25, 0.3) is 5.89 Å². The van der Waals surface area contributed by atoms with Gasteiger partial charge in [0, 0.05) is 16.9 Å². The summed E-state index contributed by atoms with van der Waals surface area (Å²) in [5.41, 5.74) is 7.12. The van der Waals surface area contributed by atoms with Gasteiger partial charge < -0.3 is 9.84 Å². The molecule has 7 heteroatoms. The van der Waals surface area contributed by atoms with E-state index in [4.69, 9.17) is 16.7 Å². The third-order valence-electron chi connectivity index (χ3n) is 6.70. The SMILES string of the molecule is CC1=C(c2nc(-c3cccc(F)c3)no2)C(c2ccccc2)NC(=S)N1c1ccc2c(c1)CCC2. The minimum absolute atomic E-state index is 0.268. The van der Waals surface area contributed by atoms with Gasteiger partial charge in [-0.3, -0.25) is 4.90 Å². The number of benzene rings is 3. The topological polar surface area (TPSA) is 54.2 Å². The molecule has 5 nitrogen and oxygen atoms in total. The molecule has 1 aromatic heterocycles. The van der Waals surface area contributed by atoms with Crippen LogP contribution in [-0.2, 0) is 12.8 Å². The van der Waals surface area contributed by atoms with Crippen LogP contribution in [0.25, 0.3) is 17.0 Å². The lowest BCUT2D eigenvalue weighted by Gasteiger charge is -2.37. The predicted molar refractivity (Wildman–Crippen MR) is 138 cm³/mol. The summed E-state index contributed by atoms with van der Waals surface area (Å²) in [6, 6.07) is 22.5. The van der Waals surface area contributed by atoms with Gasteiger partial charge in [-0.25, -0.2) is 4.39 Å². The maximum absolute atomic E-state index is 13.8. The van der Waals surface area contributed by atoms with Crippen molar-refractivity contribution in [2.75, 3.05) is 4.90 Å². The molecular weight excluding hydrogens is 459 g/mol. The van der Waals surface area contributed by atoms with Gasteiger partial charge in [-0.2, -0.15) is 4.98 Å². The van der Waals surface area contributed by atoms with E-state index in [1.807, 2.05) is 42.2 Å². The molecule has 35 heavy (non-hydrogen) atoms. The summed E-state index contributed by atoms with van der Waals surface area (Å²) in [6.07, 6.45) is 3.39. The van der Waals surface area contributed by atoms with E-state index in [1.54, 1.807) is 12.1 Å². The van der Waals surface area contributed by atoms with E-state index >= 15 is 0 Å². The zero-order valence-corrected chi connectivity index (χ0v) is 20.0. The van der Waals surface area contributed by atoms with Crippen molar-refractivity contribution in [1.29, 1.82) is 0 Å². The molecular formula is C28H23FN4OS. The van der Waals surface area contributed by atoms with Crippen LogP contribution in [0.4, 0.5) is 10.1 Å². The Morgan fingerprint density at radius 2 is 1.83 bits per heavy atom. The third-order valence-corrected chi connectivity index (χ3v) is 7.00. The van der Waals surface area contributed by atoms with Gasteiger partial charge in [0.2, 0.25) is 5.82 Å². The van der Waals surface area contributed by atoms with Gasteiger partial charge in [0.1, 0.15) is 5.82 Å². The first-order chi connectivity index (χ1) is 17.1. The van der Waals surface area contributed by atoms with Gasteiger partial charge in [-0.15, -0.1) is 0 Å². The van der Waals surface area contributed by atoms with Gasteiger partial charge >= 0.3 is 0 Å². The zero-order chi connectivity index (χ0) is 23.9. The van der Waals surface area contributed by atoms with E-state index in [1.165, 1.54) is 29.7 Å². The molecule has 0 saturated heterocycles. The van der Waals surface area contributed by atoms with E-state index in [2.05, 4.69) is 33.7 Å². The number of aryl methyl sites for hydroxylation is 2. The van der Waals surface area contributed by atoms with Crippen molar-refractivity contribution in [1.82, 2.24) is 15.5 Å². The van der Waals surface area contributed by atoms with Crippen LogP contribution in [-0.4, -0.2) is 15.3 Å². The maximum Gasteiger partial charge on any atom is 0.258 e. The smallest absolute Gasteiger partial charge is 0.258 e. The average molecular weight is 483 g/mol. The summed E-state index contributed by atoms with van der Waals surface area (Å²) in [6.45, 7) is 2.03. The first-order valence-corrected chi connectivity index (χ1v) is 12.1. The molecule has 2 heterocycles. The average Bonchev–Trinajstić information content (AvgIpc) is 3.54. The van der Waals surface area contributed by atoms with E-state index in [0.717, 1.165) is 35.4 Å². The lowest BCUT2D eigenvalue weighted by Crippen LogP contribution is -2.46. The number of halogens is 1. The summed E-state index contributed by atoms with van der Waals surface area (Å²) < 4.78 is 19.6. The largest absolute Gasteiger partial charge is 0.351 e. The fourth-order valence-electron chi connectivity index (χ4n) is 5.00. The highest BCUT2D eigenvalue weighted by atomic mass is 32.1. The van der Waals surface area contributed by atoms with Crippen molar-refractivity contribution in [2.45, 2.75) is 32.2 Å². The molecule has 3 aromatic carbocycles. The first-order valence-electron chi connectivity index (χ1n) is 11.7. The fraction of sp³-hybridized carbons (Fsp3) is 0.179. The van der Waals surface area contributed by atoms with Crippen LogP contribution in [0, 0.1) is 5.82 Å². The molecule has 1 unspecified atom stereocenters. The van der Waals surface area contributed by atoms with Gasteiger partial charge in [0.05, 0.1) is 11.6 Å². The van der Waals surface area contributed by atoms with E-state index in [9.17, 15) is 4.39 Å². The standard InChI is InChI=1S/C28H23FN4OS/c1-17-24(27-31-26(32-34-27)21-11-6-12-22(29)15-21)25(19-7-3-2-4-8-19)30-28(35)33(17)23-14-13-18-9-5-10-20(18)16-23/h2-4,6-8,11-16,25H,5,9-10H2,1H3,(H,30,35). The molecule has 0 radical (unpaired) electrons. The van der Waals surface area contributed by atoms with Gasteiger partial charge in [0.15, 0.2) is 5.11 Å². The summed E-state index contributed by atoms with van der Waals surface area (Å²) in [5.74, 6) is 0.361. The monoisotopic (exact) mass is 482 g/mol. The summed E-state index contributed by atoms with van der Waals surface area (Å²) >= 11 is 5.86. The van der Waals surface area contributed by atoms with Crippen LogP contribution < -0.4 is 10.2 Å². The first kappa shape index (κ1) is 21.7.